The Morgan fingerprint density at radius 2 is 1.76 bits per heavy atom. The fraction of sp³-hybridized carbons (Fsp3) is 0.273. The SMILES string of the molecule is CCOc1ccc(C2NC(=S)NC(C)=C2C(=O)Nc2ccccc2OCC)cc1. The molecule has 0 saturated heterocycles. The average molecular weight is 412 g/mol. The number of benzene rings is 2. The maximum Gasteiger partial charge on any atom is 0.255 e. The van der Waals surface area contributed by atoms with Crippen LogP contribution in [-0.4, -0.2) is 24.2 Å². The lowest BCUT2D eigenvalue weighted by molar-refractivity contribution is -0.113. The molecule has 152 valence electrons. The molecule has 0 fully saturated rings. The number of hydrogen-bond donors (Lipinski definition) is 3. The molecule has 2 aromatic carbocycles. The lowest BCUT2D eigenvalue weighted by Crippen LogP contribution is -2.45. The van der Waals surface area contributed by atoms with Gasteiger partial charge < -0.3 is 25.4 Å². The van der Waals surface area contributed by atoms with Crippen molar-refractivity contribution in [3.05, 3.63) is 65.4 Å². The molecular formula is C22H25N3O3S. The highest BCUT2D eigenvalue weighted by Gasteiger charge is 2.30. The predicted octanol–water partition coefficient (Wildman–Crippen LogP) is 3.92. The molecule has 7 heteroatoms. The molecule has 1 heterocycles. The van der Waals surface area contributed by atoms with Crippen LogP contribution in [0.25, 0.3) is 0 Å². The number of anilines is 1. The van der Waals surface area contributed by atoms with E-state index in [4.69, 9.17) is 21.7 Å². The maximum atomic E-state index is 13.2. The highest BCUT2D eigenvalue weighted by molar-refractivity contribution is 7.80. The first-order valence-electron chi connectivity index (χ1n) is 9.57. The van der Waals surface area contributed by atoms with E-state index < -0.39 is 0 Å². The zero-order valence-electron chi connectivity index (χ0n) is 16.7. The standard InChI is InChI=1S/C22H25N3O3S/c1-4-27-16-12-10-15(11-13-16)20-19(14(3)23-22(29)25-20)21(26)24-17-8-6-7-9-18(17)28-5-2/h6-13,20H,4-5H2,1-3H3,(H,24,26)(H2,23,25,29). The first-order valence-corrected chi connectivity index (χ1v) is 9.98. The lowest BCUT2D eigenvalue weighted by Gasteiger charge is -2.30. The summed E-state index contributed by atoms with van der Waals surface area (Å²) in [6.45, 7) is 6.80. The summed E-state index contributed by atoms with van der Waals surface area (Å²) in [6.07, 6.45) is 0. The Morgan fingerprint density at radius 3 is 2.45 bits per heavy atom. The largest absolute Gasteiger partial charge is 0.494 e. The van der Waals surface area contributed by atoms with Crippen LogP contribution in [0, 0.1) is 0 Å². The number of carbonyl (C=O) groups excluding carboxylic acids is 1. The van der Waals surface area contributed by atoms with E-state index in [1.807, 2.05) is 69.3 Å². The summed E-state index contributed by atoms with van der Waals surface area (Å²) < 4.78 is 11.1. The molecule has 0 bridgehead atoms. The number of nitrogens with one attached hydrogen (secondary N) is 3. The van der Waals surface area contributed by atoms with Gasteiger partial charge in [0, 0.05) is 5.70 Å². The number of allylic oxidation sites excluding steroid dienone is 1. The van der Waals surface area contributed by atoms with Gasteiger partial charge in [-0.1, -0.05) is 24.3 Å². The van der Waals surface area contributed by atoms with Crippen LogP contribution in [0.15, 0.2) is 59.8 Å². The van der Waals surface area contributed by atoms with Crippen molar-refractivity contribution < 1.29 is 14.3 Å². The molecule has 0 spiro atoms. The molecule has 29 heavy (non-hydrogen) atoms. The van der Waals surface area contributed by atoms with Gasteiger partial charge in [0.2, 0.25) is 0 Å². The first kappa shape index (κ1) is 20.7. The van der Waals surface area contributed by atoms with Crippen molar-refractivity contribution in [2.24, 2.45) is 0 Å². The molecule has 2 aromatic rings. The predicted molar refractivity (Wildman–Crippen MR) is 118 cm³/mol. The molecular weight excluding hydrogens is 386 g/mol. The van der Waals surface area contributed by atoms with Crippen LogP contribution in [0.5, 0.6) is 11.5 Å². The third-order valence-electron chi connectivity index (χ3n) is 4.47. The Balaban J connectivity index is 1.90. The summed E-state index contributed by atoms with van der Waals surface area (Å²) >= 11 is 5.32. The average Bonchev–Trinajstić information content (AvgIpc) is 2.70. The number of thiocarbonyl (C=S) groups is 1. The number of hydrogen-bond acceptors (Lipinski definition) is 4. The molecule has 3 rings (SSSR count). The summed E-state index contributed by atoms with van der Waals surface area (Å²) in [6, 6.07) is 14.7. The van der Waals surface area contributed by atoms with E-state index >= 15 is 0 Å². The highest BCUT2D eigenvalue weighted by Crippen LogP contribution is 2.31. The van der Waals surface area contributed by atoms with Crippen molar-refractivity contribution in [3.63, 3.8) is 0 Å². The Hall–Kier alpha value is -3.06. The second-order valence-electron chi connectivity index (χ2n) is 6.46. The third kappa shape index (κ3) is 4.86. The molecule has 1 atom stereocenters. The fourth-order valence-corrected chi connectivity index (χ4v) is 3.48. The zero-order chi connectivity index (χ0) is 20.8. The molecule has 0 aliphatic carbocycles. The number of carbonyl (C=O) groups is 1. The van der Waals surface area contributed by atoms with Gasteiger partial charge in [0.25, 0.3) is 5.91 Å². The smallest absolute Gasteiger partial charge is 0.255 e. The Labute approximate surface area is 176 Å². The van der Waals surface area contributed by atoms with Gasteiger partial charge in [0.1, 0.15) is 11.5 Å². The normalized spacial score (nSPS) is 16.0. The van der Waals surface area contributed by atoms with Gasteiger partial charge in [-0.15, -0.1) is 0 Å². The number of rotatable bonds is 7. The summed E-state index contributed by atoms with van der Waals surface area (Å²) in [7, 11) is 0. The van der Waals surface area contributed by atoms with Crippen molar-refractivity contribution in [3.8, 4) is 11.5 Å². The van der Waals surface area contributed by atoms with Gasteiger partial charge in [-0.3, -0.25) is 4.79 Å². The summed E-state index contributed by atoms with van der Waals surface area (Å²) in [5, 5.41) is 9.70. The van der Waals surface area contributed by atoms with Gasteiger partial charge in [-0.2, -0.15) is 0 Å². The number of para-hydroxylation sites is 2. The van der Waals surface area contributed by atoms with Crippen LogP contribution in [0.4, 0.5) is 5.69 Å². The zero-order valence-corrected chi connectivity index (χ0v) is 17.6. The number of amides is 1. The van der Waals surface area contributed by atoms with E-state index in [-0.39, 0.29) is 11.9 Å². The van der Waals surface area contributed by atoms with Crippen LogP contribution in [0.3, 0.4) is 0 Å². The molecule has 3 N–H and O–H groups in total. The van der Waals surface area contributed by atoms with Gasteiger partial charge in [-0.05, 0) is 62.8 Å². The molecule has 6 nitrogen and oxygen atoms in total. The van der Waals surface area contributed by atoms with Crippen molar-refractivity contribution >= 4 is 28.9 Å². The monoisotopic (exact) mass is 411 g/mol. The summed E-state index contributed by atoms with van der Waals surface area (Å²) in [5.74, 6) is 1.19. The summed E-state index contributed by atoms with van der Waals surface area (Å²) in [4.78, 5) is 13.2. The van der Waals surface area contributed by atoms with E-state index in [2.05, 4.69) is 16.0 Å². The third-order valence-corrected chi connectivity index (χ3v) is 4.69. The Bertz CT molecular complexity index is 925. The minimum Gasteiger partial charge on any atom is -0.494 e. The van der Waals surface area contributed by atoms with Crippen LogP contribution in [0.2, 0.25) is 0 Å². The topological polar surface area (TPSA) is 71.6 Å². The van der Waals surface area contributed by atoms with Crippen molar-refractivity contribution in [1.29, 1.82) is 0 Å². The quantitative estimate of drug-likeness (QED) is 0.600. The van der Waals surface area contributed by atoms with Crippen molar-refractivity contribution in [2.45, 2.75) is 26.8 Å². The van der Waals surface area contributed by atoms with E-state index in [0.717, 1.165) is 11.3 Å². The summed E-state index contributed by atoms with van der Waals surface area (Å²) in [5.41, 5.74) is 2.81. The minimum absolute atomic E-state index is 0.226. The first-order chi connectivity index (χ1) is 14.0. The van der Waals surface area contributed by atoms with E-state index in [9.17, 15) is 4.79 Å². The van der Waals surface area contributed by atoms with Gasteiger partial charge in [0.15, 0.2) is 5.11 Å². The fourth-order valence-electron chi connectivity index (χ4n) is 3.21. The van der Waals surface area contributed by atoms with Crippen molar-refractivity contribution in [1.82, 2.24) is 10.6 Å². The van der Waals surface area contributed by atoms with Crippen LogP contribution in [0.1, 0.15) is 32.4 Å². The molecule has 1 aliphatic rings. The van der Waals surface area contributed by atoms with Gasteiger partial charge in [0.05, 0.1) is 30.5 Å². The molecule has 1 aliphatic heterocycles. The van der Waals surface area contributed by atoms with Crippen LogP contribution in [-0.2, 0) is 4.79 Å². The Kier molecular flexibility index (Phi) is 6.72. The molecule has 1 amide bonds. The minimum atomic E-state index is -0.376. The van der Waals surface area contributed by atoms with Gasteiger partial charge >= 0.3 is 0 Å². The Morgan fingerprint density at radius 1 is 1.07 bits per heavy atom. The second-order valence-corrected chi connectivity index (χ2v) is 6.86. The molecule has 0 saturated carbocycles. The number of ether oxygens (including phenoxy) is 2. The second kappa shape index (κ2) is 9.43. The van der Waals surface area contributed by atoms with E-state index in [1.54, 1.807) is 0 Å². The lowest BCUT2D eigenvalue weighted by atomic mass is 9.95. The van der Waals surface area contributed by atoms with Crippen molar-refractivity contribution in [2.75, 3.05) is 18.5 Å². The molecule has 0 radical (unpaired) electrons. The molecule has 0 aromatic heterocycles. The maximum absolute atomic E-state index is 13.2. The van der Waals surface area contributed by atoms with Crippen LogP contribution >= 0.6 is 12.2 Å². The van der Waals surface area contributed by atoms with E-state index in [0.29, 0.717) is 41.0 Å². The van der Waals surface area contributed by atoms with E-state index in [1.165, 1.54) is 0 Å². The van der Waals surface area contributed by atoms with Crippen LogP contribution < -0.4 is 25.4 Å². The van der Waals surface area contributed by atoms with Gasteiger partial charge in [-0.25, -0.2) is 0 Å². The highest BCUT2D eigenvalue weighted by atomic mass is 32.1. The molecule has 1 unspecified atom stereocenters.